The van der Waals surface area contributed by atoms with Crippen LogP contribution in [0.1, 0.15) is 98.3 Å². The monoisotopic (exact) mass is 440 g/mol. The van der Waals surface area contributed by atoms with Gasteiger partial charge in [0.1, 0.15) is 0 Å². The van der Waals surface area contributed by atoms with Gasteiger partial charge in [0.25, 0.3) is 0 Å². The number of hydrogen-bond acceptors (Lipinski definition) is 1. The van der Waals surface area contributed by atoms with E-state index in [1.165, 1.54) is 60.6 Å². The Kier molecular flexibility index (Phi) is 9.48. The molecule has 0 bridgehead atoms. The summed E-state index contributed by atoms with van der Waals surface area (Å²) in [5.41, 5.74) is 6.60. The molecule has 0 unspecified atom stereocenters. The SMILES string of the molecule is CC=C(C(=O)c1ccc(CCC)c2ccccc12)c1c(C)cccc1CCCCCCCC. The second-order valence-corrected chi connectivity index (χ2v) is 9.23. The van der Waals surface area contributed by atoms with Crippen molar-refractivity contribution < 1.29 is 4.79 Å². The van der Waals surface area contributed by atoms with Gasteiger partial charge in [-0.05, 0) is 66.1 Å². The van der Waals surface area contributed by atoms with Crippen LogP contribution in [-0.2, 0) is 12.8 Å². The largest absolute Gasteiger partial charge is 0.289 e. The van der Waals surface area contributed by atoms with Crippen molar-refractivity contribution in [3.8, 4) is 0 Å². The molecule has 1 nitrogen and oxygen atoms in total. The van der Waals surface area contributed by atoms with Gasteiger partial charge in [0.15, 0.2) is 5.78 Å². The Morgan fingerprint density at radius 3 is 2.18 bits per heavy atom. The number of allylic oxidation sites excluding steroid dienone is 2. The van der Waals surface area contributed by atoms with Crippen molar-refractivity contribution in [1.82, 2.24) is 0 Å². The topological polar surface area (TPSA) is 17.1 Å². The molecular weight excluding hydrogens is 400 g/mol. The maximum absolute atomic E-state index is 13.9. The summed E-state index contributed by atoms with van der Waals surface area (Å²) >= 11 is 0. The first-order valence-electron chi connectivity index (χ1n) is 12.9. The Bertz CT molecular complexity index is 1100. The van der Waals surface area contributed by atoms with E-state index in [0.29, 0.717) is 0 Å². The van der Waals surface area contributed by atoms with Crippen molar-refractivity contribution in [2.24, 2.45) is 0 Å². The molecule has 1 heteroatoms. The normalized spacial score (nSPS) is 11.8. The highest BCUT2D eigenvalue weighted by molar-refractivity contribution is 6.32. The lowest BCUT2D eigenvalue weighted by atomic mass is 9.86. The molecule has 0 radical (unpaired) electrons. The van der Waals surface area contributed by atoms with E-state index in [9.17, 15) is 4.79 Å². The van der Waals surface area contributed by atoms with E-state index in [0.717, 1.165) is 41.3 Å². The fraction of sp³-hybridized carbons (Fsp3) is 0.406. The third-order valence-corrected chi connectivity index (χ3v) is 6.74. The van der Waals surface area contributed by atoms with Crippen molar-refractivity contribution in [2.45, 2.75) is 85.5 Å². The van der Waals surface area contributed by atoms with Crippen molar-refractivity contribution in [2.75, 3.05) is 0 Å². The number of benzene rings is 3. The van der Waals surface area contributed by atoms with Gasteiger partial charge in [0.05, 0.1) is 0 Å². The molecule has 0 heterocycles. The van der Waals surface area contributed by atoms with Crippen LogP contribution in [0.25, 0.3) is 16.3 Å². The molecular formula is C32H40O. The van der Waals surface area contributed by atoms with Crippen LogP contribution < -0.4 is 0 Å². The lowest BCUT2D eigenvalue weighted by Gasteiger charge is -2.17. The second-order valence-electron chi connectivity index (χ2n) is 9.23. The predicted octanol–water partition coefficient (Wildman–Crippen LogP) is 9.29. The molecule has 0 spiro atoms. The number of ketones is 1. The molecule has 0 atom stereocenters. The van der Waals surface area contributed by atoms with Gasteiger partial charge in [0.2, 0.25) is 0 Å². The highest BCUT2D eigenvalue weighted by Gasteiger charge is 2.20. The third kappa shape index (κ3) is 6.02. The third-order valence-electron chi connectivity index (χ3n) is 6.74. The standard InChI is InChI=1S/C32H40O/c1-5-8-9-10-11-12-18-26-19-15-17-24(4)31(26)27(7-3)32(33)30-23-22-25(16-6-2)28-20-13-14-21-29(28)30/h7,13-15,17,19-23H,5-6,8-12,16,18H2,1-4H3. The lowest BCUT2D eigenvalue weighted by molar-refractivity contribution is 0.105. The van der Waals surface area contributed by atoms with Gasteiger partial charge in [-0.1, -0.05) is 113 Å². The van der Waals surface area contributed by atoms with Crippen LogP contribution in [0.4, 0.5) is 0 Å². The highest BCUT2D eigenvalue weighted by atomic mass is 16.1. The van der Waals surface area contributed by atoms with E-state index >= 15 is 0 Å². The van der Waals surface area contributed by atoms with Gasteiger partial charge in [-0.15, -0.1) is 0 Å². The van der Waals surface area contributed by atoms with E-state index in [2.05, 4.69) is 63.2 Å². The number of hydrogen-bond donors (Lipinski definition) is 0. The summed E-state index contributed by atoms with van der Waals surface area (Å²) in [4.78, 5) is 13.9. The molecule has 3 aromatic rings. The Labute approximate surface area is 200 Å². The zero-order valence-electron chi connectivity index (χ0n) is 21.0. The molecule has 0 fully saturated rings. The van der Waals surface area contributed by atoms with Gasteiger partial charge in [-0.25, -0.2) is 0 Å². The number of unbranched alkanes of at least 4 members (excludes halogenated alkanes) is 5. The van der Waals surface area contributed by atoms with Crippen LogP contribution in [-0.4, -0.2) is 5.78 Å². The molecule has 0 saturated carbocycles. The molecule has 0 amide bonds. The average Bonchev–Trinajstić information content (AvgIpc) is 2.83. The Morgan fingerprint density at radius 2 is 1.45 bits per heavy atom. The van der Waals surface area contributed by atoms with Gasteiger partial charge in [-0.2, -0.15) is 0 Å². The first kappa shape index (κ1) is 25.0. The van der Waals surface area contributed by atoms with Gasteiger partial charge < -0.3 is 0 Å². The number of carbonyl (C=O) groups excluding carboxylic acids is 1. The molecule has 33 heavy (non-hydrogen) atoms. The van der Waals surface area contributed by atoms with E-state index in [-0.39, 0.29) is 5.78 Å². The Balaban J connectivity index is 1.93. The van der Waals surface area contributed by atoms with Crippen LogP contribution in [0.15, 0.2) is 60.7 Å². The van der Waals surface area contributed by atoms with Crippen LogP contribution >= 0.6 is 0 Å². The maximum atomic E-state index is 13.9. The lowest BCUT2D eigenvalue weighted by Crippen LogP contribution is -2.08. The molecule has 3 rings (SSSR count). The molecule has 3 aromatic carbocycles. The summed E-state index contributed by atoms with van der Waals surface area (Å²) in [6.45, 7) is 8.60. The van der Waals surface area contributed by atoms with Crippen LogP contribution in [0.5, 0.6) is 0 Å². The predicted molar refractivity (Wildman–Crippen MR) is 144 cm³/mol. The molecule has 0 N–H and O–H groups in total. The number of carbonyl (C=O) groups is 1. The number of Topliss-reactive ketones (excluding diaryl/α,β-unsaturated/α-hetero) is 1. The van der Waals surface area contributed by atoms with Gasteiger partial charge in [0, 0.05) is 11.1 Å². The van der Waals surface area contributed by atoms with Crippen molar-refractivity contribution in [3.05, 3.63) is 88.5 Å². The maximum Gasteiger partial charge on any atom is 0.193 e. The first-order chi connectivity index (χ1) is 16.1. The molecule has 0 saturated heterocycles. The number of aryl methyl sites for hydroxylation is 3. The summed E-state index contributed by atoms with van der Waals surface area (Å²) < 4.78 is 0. The Morgan fingerprint density at radius 1 is 0.727 bits per heavy atom. The van der Waals surface area contributed by atoms with Crippen LogP contribution in [0, 0.1) is 6.92 Å². The number of rotatable bonds is 12. The van der Waals surface area contributed by atoms with Crippen molar-refractivity contribution in [1.29, 1.82) is 0 Å². The van der Waals surface area contributed by atoms with E-state index in [4.69, 9.17) is 0 Å². The minimum Gasteiger partial charge on any atom is -0.289 e. The summed E-state index contributed by atoms with van der Waals surface area (Å²) in [5, 5.41) is 2.27. The molecule has 0 aliphatic rings. The van der Waals surface area contributed by atoms with E-state index in [1.54, 1.807) is 0 Å². The fourth-order valence-corrected chi connectivity index (χ4v) is 5.00. The van der Waals surface area contributed by atoms with Crippen LogP contribution in [0.2, 0.25) is 0 Å². The molecule has 0 aliphatic heterocycles. The highest BCUT2D eigenvalue weighted by Crippen LogP contribution is 2.32. The molecule has 174 valence electrons. The molecule has 0 aromatic heterocycles. The summed E-state index contributed by atoms with van der Waals surface area (Å²) in [7, 11) is 0. The number of fused-ring (bicyclic) bond motifs is 1. The van der Waals surface area contributed by atoms with Crippen molar-refractivity contribution >= 4 is 22.1 Å². The smallest absolute Gasteiger partial charge is 0.193 e. The average molecular weight is 441 g/mol. The summed E-state index contributed by atoms with van der Waals surface area (Å²) in [6, 6.07) is 19.1. The zero-order chi connectivity index (χ0) is 23.6. The van der Waals surface area contributed by atoms with Gasteiger partial charge in [-0.3, -0.25) is 4.79 Å². The quantitative estimate of drug-likeness (QED) is 0.156. The minimum atomic E-state index is 0.134. The van der Waals surface area contributed by atoms with E-state index in [1.807, 2.05) is 25.1 Å². The van der Waals surface area contributed by atoms with Crippen LogP contribution in [0.3, 0.4) is 0 Å². The summed E-state index contributed by atoms with van der Waals surface area (Å²) in [5.74, 6) is 0.134. The van der Waals surface area contributed by atoms with E-state index < -0.39 is 0 Å². The zero-order valence-corrected chi connectivity index (χ0v) is 21.0. The summed E-state index contributed by atoms with van der Waals surface area (Å²) in [6.07, 6.45) is 12.9. The van der Waals surface area contributed by atoms with Gasteiger partial charge >= 0.3 is 0 Å². The first-order valence-corrected chi connectivity index (χ1v) is 12.9. The molecule has 0 aliphatic carbocycles. The Hall–Kier alpha value is -2.67. The second kappa shape index (κ2) is 12.5. The van der Waals surface area contributed by atoms with Crippen molar-refractivity contribution in [3.63, 3.8) is 0 Å². The fourth-order valence-electron chi connectivity index (χ4n) is 5.00. The minimum absolute atomic E-state index is 0.134.